The van der Waals surface area contributed by atoms with Crippen molar-refractivity contribution in [2.75, 3.05) is 39.3 Å². The number of fused-ring (bicyclic) bond motifs is 2. The van der Waals surface area contributed by atoms with E-state index in [0.717, 1.165) is 0 Å². The van der Waals surface area contributed by atoms with Gasteiger partial charge in [0.05, 0.1) is 26.2 Å². The Balaban J connectivity index is 1.69. The third kappa shape index (κ3) is 5.05. The van der Waals surface area contributed by atoms with E-state index >= 15 is 0 Å². The standard InChI is InChI=1S/C18H26N6O6/c25-13-7-21-17(29)11-3-1-5-23(11)15(27)9-19-14(26)8-22-18(30)12-4-2-6-24(12)16(28)10-20-13/h11-12H,1-10H2,(H,19,26)(H,20,25)(H,21,29)(H,22,30)/t11-,12-/m0/s1. The van der Waals surface area contributed by atoms with Crippen molar-refractivity contribution in [1.82, 2.24) is 31.1 Å². The zero-order valence-corrected chi connectivity index (χ0v) is 16.6. The molecular weight excluding hydrogens is 396 g/mol. The predicted octanol–water partition coefficient (Wildman–Crippen LogP) is -3.55. The molecule has 4 N–H and O–H groups in total. The second kappa shape index (κ2) is 9.55. The first-order valence-electron chi connectivity index (χ1n) is 10.0. The zero-order chi connectivity index (χ0) is 21.7. The topological polar surface area (TPSA) is 157 Å². The average Bonchev–Trinajstić information content (AvgIpc) is 3.41. The molecule has 3 heterocycles. The highest BCUT2D eigenvalue weighted by Crippen LogP contribution is 2.18. The summed E-state index contributed by atoms with van der Waals surface area (Å²) in [7, 11) is 0. The van der Waals surface area contributed by atoms with Gasteiger partial charge < -0.3 is 31.1 Å². The van der Waals surface area contributed by atoms with Crippen molar-refractivity contribution in [1.29, 1.82) is 0 Å². The van der Waals surface area contributed by atoms with E-state index in [1.54, 1.807) is 0 Å². The molecule has 6 amide bonds. The Morgan fingerprint density at radius 2 is 0.967 bits per heavy atom. The quantitative estimate of drug-likeness (QED) is 0.317. The molecule has 0 aromatic carbocycles. The summed E-state index contributed by atoms with van der Waals surface area (Å²) < 4.78 is 0. The fraction of sp³-hybridized carbons (Fsp3) is 0.667. The molecule has 3 rings (SSSR count). The first-order valence-corrected chi connectivity index (χ1v) is 10.0. The largest absolute Gasteiger partial charge is 0.345 e. The van der Waals surface area contributed by atoms with Crippen molar-refractivity contribution in [3.05, 3.63) is 0 Å². The number of carbonyl (C=O) groups excluding carboxylic acids is 6. The van der Waals surface area contributed by atoms with E-state index < -0.39 is 47.5 Å². The Bertz CT molecular complexity index is 637. The van der Waals surface area contributed by atoms with E-state index in [1.165, 1.54) is 9.80 Å². The molecule has 0 aliphatic carbocycles. The molecule has 12 nitrogen and oxygen atoms in total. The molecule has 3 saturated heterocycles. The summed E-state index contributed by atoms with van der Waals surface area (Å²) in [4.78, 5) is 76.4. The molecule has 0 aromatic rings. The lowest BCUT2D eigenvalue weighted by Gasteiger charge is -2.25. The van der Waals surface area contributed by atoms with E-state index in [9.17, 15) is 28.8 Å². The number of hydrogen-bond acceptors (Lipinski definition) is 6. The fourth-order valence-electron chi connectivity index (χ4n) is 3.92. The smallest absolute Gasteiger partial charge is 0.243 e. The van der Waals surface area contributed by atoms with Gasteiger partial charge in [-0.15, -0.1) is 0 Å². The van der Waals surface area contributed by atoms with Crippen LogP contribution in [0.4, 0.5) is 0 Å². The third-order valence-corrected chi connectivity index (χ3v) is 5.47. The van der Waals surface area contributed by atoms with Crippen LogP contribution < -0.4 is 21.3 Å². The maximum absolute atomic E-state index is 12.4. The zero-order valence-electron chi connectivity index (χ0n) is 16.6. The van der Waals surface area contributed by atoms with Gasteiger partial charge in [-0.2, -0.15) is 0 Å². The summed E-state index contributed by atoms with van der Waals surface area (Å²) in [6.07, 6.45) is 2.17. The van der Waals surface area contributed by atoms with Crippen LogP contribution >= 0.6 is 0 Å². The maximum atomic E-state index is 12.4. The van der Waals surface area contributed by atoms with Gasteiger partial charge in [0.1, 0.15) is 12.1 Å². The highest BCUT2D eigenvalue weighted by atomic mass is 16.2. The van der Waals surface area contributed by atoms with Crippen LogP contribution in [0.25, 0.3) is 0 Å². The number of rotatable bonds is 0. The van der Waals surface area contributed by atoms with Crippen molar-refractivity contribution < 1.29 is 28.8 Å². The highest BCUT2D eigenvalue weighted by Gasteiger charge is 2.35. The van der Waals surface area contributed by atoms with Gasteiger partial charge >= 0.3 is 0 Å². The number of amides is 6. The SMILES string of the molecule is O=C1CNC(=O)[C@@H]2CCCN2C(=O)CNC(=O)CNC(=O)[C@@H]2CCCN2C(=O)CN1. The molecule has 0 saturated carbocycles. The predicted molar refractivity (Wildman–Crippen MR) is 102 cm³/mol. The Hall–Kier alpha value is -3.18. The molecule has 12 heteroatoms. The molecule has 3 aliphatic rings. The van der Waals surface area contributed by atoms with Gasteiger partial charge in [-0.05, 0) is 25.7 Å². The van der Waals surface area contributed by atoms with E-state index in [-0.39, 0.29) is 26.2 Å². The van der Waals surface area contributed by atoms with Crippen LogP contribution in [-0.2, 0) is 28.8 Å². The second-order valence-corrected chi connectivity index (χ2v) is 7.48. The average molecular weight is 422 g/mol. The van der Waals surface area contributed by atoms with E-state index in [2.05, 4.69) is 21.3 Å². The number of hydrogen-bond donors (Lipinski definition) is 4. The Labute approximate surface area is 173 Å². The van der Waals surface area contributed by atoms with Gasteiger partial charge in [-0.1, -0.05) is 0 Å². The van der Waals surface area contributed by atoms with Gasteiger partial charge in [0.2, 0.25) is 35.4 Å². The molecule has 0 spiro atoms. The van der Waals surface area contributed by atoms with E-state index in [1.807, 2.05) is 0 Å². The summed E-state index contributed by atoms with van der Waals surface area (Å²) in [5.41, 5.74) is 0. The van der Waals surface area contributed by atoms with Gasteiger partial charge in [-0.3, -0.25) is 28.8 Å². The first-order chi connectivity index (χ1) is 14.4. The molecule has 3 aliphatic heterocycles. The number of nitrogens with one attached hydrogen (secondary N) is 4. The van der Waals surface area contributed by atoms with Crippen molar-refractivity contribution in [2.24, 2.45) is 0 Å². The van der Waals surface area contributed by atoms with Gasteiger partial charge in [0, 0.05) is 13.1 Å². The van der Waals surface area contributed by atoms with E-state index in [4.69, 9.17) is 0 Å². The minimum atomic E-state index is -0.715. The van der Waals surface area contributed by atoms with Gasteiger partial charge in [0.15, 0.2) is 0 Å². The van der Waals surface area contributed by atoms with Crippen LogP contribution in [0.15, 0.2) is 0 Å². The molecule has 0 unspecified atom stereocenters. The summed E-state index contributed by atoms with van der Waals surface area (Å²) >= 11 is 0. The molecule has 2 atom stereocenters. The van der Waals surface area contributed by atoms with Crippen LogP contribution in [0, 0.1) is 0 Å². The Kier molecular flexibility index (Phi) is 6.85. The van der Waals surface area contributed by atoms with Gasteiger partial charge in [-0.25, -0.2) is 0 Å². The number of carbonyl (C=O) groups is 6. The normalized spacial score (nSPS) is 27.3. The van der Waals surface area contributed by atoms with E-state index in [0.29, 0.717) is 38.8 Å². The van der Waals surface area contributed by atoms with Crippen molar-refractivity contribution in [2.45, 2.75) is 37.8 Å². The molecule has 3 fully saturated rings. The van der Waals surface area contributed by atoms with Crippen LogP contribution in [-0.4, -0.2) is 96.6 Å². The van der Waals surface area contributed by atoms with Crippen molar-refractivity contribution >= 4 is 35.4 Å². The minimum absolute atomic E-state index is 0.299. The molecule has 164 valence electrons. The molecule has 0 bridgehead atoms. The van der Waals surface area contributed by atoms with Crippen LogP contribution in [0.5, 0.6) is 0 Å². The molecule has 0 aromatic heterocycles. The van der Waals surface area contributed by atoms with Crippen LogP contribution in [0.3, 0.4) is 0 Å². The lowest BCUT2D eigenvalue weighted by atomic mass is 10.2. The monoisotopic (exact) mass is 422 g/mol. The minimum Gasteiger partial charge on any atom is -0.345 e. The van der Waals surface area contributed by atoms with Gasteiger partial charge in [0.25, 0.3) is 0 Å². The second-order valence-electron chi connectivity index (χ2n) is 7.48. The molecule has 30 heavy (non-hydrogen) atoms. The molecule has 0 radical (unpaired) electrons. The summed E-state index contributed by atoms with van der Waals surface area (Å²) in [6, 6.07) is -1.43. The first kappa shape index (κ1) is 21.5. The lowest BCUT2D eigenvalue weighted by Crippen LogP contribution is -2.53. The molecular formula is C18H26N6O6. The fourth-order valence-corrected chi connectivity index (χ4v) is 3.92. The van der Waals surface area contributed by atoms with Crippen LogP contribution in [0.2, 0.25) is 0 Å². The maximum Gasteiger partial charge on any atom is 0.243 e. The lowest BCUT2D eigenvalue weighted by molar-refractivity contribution is -0.140. The number of nitrogens with zero attached hydrogens (tertiary/aromatic N) is 2. The summed E-state index contributed by atoms with van der Waals surface area (Å²) in [6.45, 7) is -0.500. The Morgan fingerprint density at radius 3 is 1.37 bits per heavy atom. The van der Waals surface area contributed by atoms with Crippen molar-refractivity contribution in [3.63, 3.8) is 0 Å². The highest BCUT2D eigenvalue weighted by molar-refractivity contribution is 5.95. The summed E-state index contributed by atoms with van der Waals surface area (Å²) in [5, 5.41) is 9.85. The van der Waals surface area contributed by atoms with Crippen molar-refractivity contribution in [3.8, 4) is 0 Å². The van der Waals surface area contributed by atoms with Crippen LogP contribution in [0.1, 0.15) is 25.7 Å². The summed E-state index contributed by atoms with van der Waals surface area (Å²) in [5.74, 6) is -2.82. The Morgan fingerprint density at radius 1 is 0.567 bits per heavy atom. The third-order valence-electron chi connectivity index (χ3n) is 5.47.